The number of ether oxygens (including phenoxy) is 2. The van der Waals surface area contributed by atoms with Crippen molar-refractivity contribution in [2.75, 3.05) is 6.61 Å². The highest BCUT2D eigenvalue weighted by Gasteiger charge is 2.35. The highest BCUT2D eigenvalue weighted by Crippen LogP contribution is 2.41. The predicted molar refractivity (Wildman–Crippen MR) is 133 cm³/mol. The Kier molecular flexibility index (Phi) is 11.6. The first kappa shape index (κ1) is 26.5. The van der Waals surface area contributed by atoms with E-state index in [0.717, 1.165) is 75.5 Å². The van der Waals surface area contributed by atoms with Gasteiger partial charge < -0.3 is 9.47 Å². The van der Waals surface area contributed by atoms with Crippen LogP contribution in [0.1, 0.15) is 129 Å². The van der Waals surface area contributed by atoms with E-state index in [-0.39, 0.29) is 29.9 Å². The van der Waals surface area contributed by atoms with Gasteiger partial charge in [0.15, 0.2) is 0 Å². The Balaban J connectivity index is 1.26. The number of unbranched alkanes of at least 4 members (excludes halogenated alkanes) is 5. The molecule has 190 valence electrons. The van der Waals surface area contributed by atoms with Gasteiger partial charge in [0.25, 0.3) is 0 Å². The van der Waals surface area contributed by atoms with Gasteiger partial charge >= 0.3 is 11.9 Å². The minimum absolute atomic E-state index is 0.0507. The molecule has 3 saturated carbocycles. The Morgan fingerprint density at radius 3 is 1.79 bits per heavy atom. The van der Waals surface area contributed by atoms with Gasteiger partial charge in [-0.2, -0.15) is 0 Å². The molecule has 4 heteroatoms. The Morgan fingerprint density at radius 2 is 1.15 bits per heavy atom. The molecule has 0 heterocycles. The van der Waals surface area contributed by atoms with Gasteiger partial charge in [-0.3, -0.25) is 9.59 Å². The van der Waals surface area contributed by atoms with E-state index < -0.39 is 0 Å². The summed E-state index contributed by atoms with van der Waals surface area (Å²) in [6.07, 6.45) is 20.6. The Labute approximate surface area is 202 Å². The van der Waals surface area contributed by atoms with Crippen LogP contribution in [0.4, 0.5) is 0 Å². The number of hydrogen-bond donors (Lipinski definition) is 0. The highest BCUT2D eigenvalue weighted by molar-refractivity contribution is 5.73. The Hall–Kier alpha value is -1.06. The van der Waals surface area contributed by atoms with Crippen molar-refractivity contribution in [1.29, 1.82) is 0 Å². The first-order valence-electron chi connectivity index (χ1n) is 14.4. The van der Waals surface area contributed by atoms with E-state index in [1.807, 2.05) is 0 Å². The van der Waals surface area contributed by atoms with Crippen molar-refractivity contribution in [3.05, 3.63) is 0 Å². The summed E-state index contributed by atoms with van der Waals surface area (Å²) in [5.74, 6) is 2.65. The minimum atomic E-state index is 0.0507. The minimum Gasteiger partial charge on any atom is -0.465 e. The van der Waals surface area contributed by atoms with Crippen LogP contribution in [0, 0.1) is 29.6 Å². The summed E-state index contributed by atoms with van der Waals surface area (Å²) in [5.41, 5.74) is 0. The van der Waals surface area contributed by atoms with E-state index in [9.17, 15) is 9.59 Å². The second-order valence-electron chi connectivity index (χ2n) is 11.5. The summed E-state index contributed by atoms with van der Waals surface area (Å²) in [5, 5.41) is 0. The van der Waals surface area contributed by atoms with E-state index in [2.05, 4.69) is 13.8 Å². The van der Waals surface area contributed by atoms with Gasteiger partial charge in [-0.1, -0.05) is 46.0 Å². The third-order valence-electron chi connectivity index (χ3n) is 8.86. The summed E-state index contributed by atoms with van der Waals surface area (Å²) >= 11 is 0. The summed E-state index contributed by atoms with van der Waals surface area (Å²) in [7, 11) is 0. The second kappa shape index (κ2) is 14.4. The quantitative estimate of drug-likeness (QED) is 0.234. The molecule has 3 aliphatic carbocycles. The molecule has 0 bridgehead atoms. The standard InChI is InChI=1S/C29H50O4/c1-3-4-5-6-7-8-21-32-28(30)25-15-13-23(14-16-25)24-17-19-27(20-18-24)33-29(31)26-11-9-22(2)10-12-26/h22-27H,3-21H2,1-2H3. The molecule has 0 atom stereocenters. The largest absolute Gasteiger partial charge is 0.465 e. The van der Waals surface area contributed by atoms with Crippen molar-refractivity contribution >= 4 is 11.9 Å². The molecule has 0 aliphatic heterocycles. The molecular formula is C29H50O4. The van der Waals surface area contributed by atoms with Gasteiger partial charge in [0.2, 0.25) is 0 Å². The van der Waals surface area contributed by atoms with Gasteiger partial charge in [-0.05, 0) is 101 Å². The Morgan fingerprint density at radius 1 is 0.636 bits per heavy atom. The summed E-state index contributed by atoms with van der Waals surface area (Å²) < 4.78 is 11.5. The number of hydrogen-bond acceptors (Lipinski definition) is 4. The van der Waals surface area contributed by atoms with Crippen molar-refractivity contribution in [3.63, 3.8) is 0 Å². The van der Waals surface area contributed by atoms with Gasteiger partial charge in [0, 0.05) is 0 Å². The van der Waals surface area contributed by atoms with Gasteiger partial charge in [0.05, 0.1) is 18.4 Å². The van der Waals surface area contributed by atoms with E-state index >= 15 is 0 Å². The molecule has 3 fully saturated rings. The normalized spacial score (nSPS) is 32.8. The summed E-state index contributed by atoms with van der Waals surface area (Å²) in [6, 6.07) is 0. The van der Waals surface area contributed by atoms with Gasteiger partial charge in [-0.25, -0.2) is 0 Å². The number of rotatable bonds is 11. The molecule has 4 nitrogen and oxygen atoms in total. The number of esters is 2. The van der Waals surface area contributed by atoms with Crippen molar-refractivity contribution < 1.29 is 19.1 Å². The molecule has 3 aliphatic rings. The van der Waals surface area contributed by atoms with Crippen LogP contribution in [0.15, 0.2) is 0 Å². The molecule has 0 saturated heterocycles. The molecule has 0 aromatic rings. The molecule has 0 spiro atoms. The summed E-state index contributed by atoms with van der Waals surface area (Å²) in [4.78, 5) is 25.0. The fraction of sp³-hybridized carbons (Fsp3) is 0.931. The smallest absolute Gasteiger partial charge is 0.309 e. The summed E-state index contributed by atoms with van der Waals surface area (Å²) in [6.45, 7) is 5.13. The maximum atomic E-state index is 12.5. The lowest BCUT2D eigenvalue weighted by Crippen LogP contribution is -2.33. The van der Waals surface area contributed by atoms with Crippen LogP contribution in [0.2, 0.25) is 0 Å². The zero-order valence-corrected chi connectivity index (χ0v) is 21.5. The lowest BCUT2D eigenvalue weighted by molar-refractivity contribution is -0.157. The molecular weight excluding hydrogens is 412 g/mol. The van der Waals surface area contributed by atoms with Crippen molar-refractivity contribution in [1.82, 2.24) is 0 Å². The molecule has 3 rings (SSSR count). The fourth-order valence-corrected chi connectivity index (χ4v) is 6.43. The van der Waals surface area contributed by atoms with E-state index in [1.54, 1.807) is 0 Å². The SMILES string of the molecule is CCCCCCCCOC(=O)C1CCC(C2CCC(OC(=O)C3CCC(C)CC3)CC2)CC1. The number of carbonyl (C=O) groups excluding carboxylic acids is 2. The Bertz CT molecular complexity index is 564. The predicted octanol–water partition coefficient (Wildman–Crippen LogP) is 7.62. The molecule has 0 radical (unpaired) electrons. The zero-order chi connectivity index (χ0) is 23.5. The topological polar surface area (TPSA) is 52.6 Å². The van der Waals surface area contributed by atoms with Crippen molar-refractivity contribution in [3.8, 4) is 0 Å². The zero-order valence-electron chi connectivity index (χ0n) is 21.5. The van der Waals surface area contributed by atoms with Crippen LogP contribution in [0.25, 0.3) is 0 Å². The van der Waals surface area contributed by atoms with Crippen molar-refractivity contribution in [2.45, 2.75) is 136 Å². The van der Waals surface area contributed by atoms with Crippen LogP contribution in [0.3, 0.4) is 0 Å². The van der Waals surface area contributed by atoms with Crippen LogP contribution in [-0.2, 0) is 19.1 Å². The first-order chi connectivity index (χ1) is 16.1. The molecule has 0 amide bonds. The average Bonchev–Trinajstić information content (AvgIpc) is 2.84. The molecule has 0 N–H and O–H groups in total. The number of carbonyl (C=O) groups is 2. The average molecular weight is 463 g/mol. The van der Waals surface area contributed by atoms with E-state index in [4.69, 9.17) is 9.47 Å². The van der Waals surface area contributed by atoms with Crippen LogP contribution in [0.5, 0.6) is 0 Å². The van der Waals surface area contributed by atoms with E-state index in [1.165, 1.54) is 57.8 Å². The maximum Gasteiger partial charge on any atom is 0.309 e. The van der Waals surface area contributed by atoms with E-state index in [0.29, 0.717) is 6.61 Å². The second-order valence-corrected chi connectivity index (χ2v) is 11.5. The third-order valence-corrected chi connectivity index (χ3v) is 8.86. The molecule has 33 heavy (non-hydrogen) atoms. The van der Waals surface area contributed by atoms with Crippen LogP contribution in [-0.4, -0.2) is 24.6 Å². The van der Waals surface area contributed by atoms with Gasteiger partial charge in [-0.15, -0.1) is 0 Å². The van der Waals surface area contributed by atoms with Crippen LogP contribution >= 0.6 is 0 Å². The van der Waals surface area contributed by atoms with Crippen LogP contribution < -0.4 is 0 Å². The molecule has 0 aromatic heterocycles. The maximum absolute atomic E-state index is 12.5. The molecule has 0 unspecified atom stereocenters. The monoisotopic (exact) mass is 462 g/mol. The van der Waals surface area contributed by atoms with Gasteiger partial charge in [0.1, 0.15) is 6.10 Å². The third kappa shape index (κ3) is 8.91. The fourth-order valence-electron chi connectivity index (χ4n) is 6.43. The van der Waals surface area contributed by atoms with Crippen molar-refractivity contribution in [2.24, 2.45) is 29.6 Å². The molecule has 0 aromatic carbocycles. The highest BCUT2D eigenvalue weighted by atomic mass is 16.5. The first-order valence-corrected chi connectivity index (χ1v) is 14.4. The lowest BCUT2D eigenvalue weighted by Gasteiger charge is -2.37. The lowest BCUT2D eigenvalue weighted by atomic mass is 9.70.